The van der Waals surface area contributed by atoms with Crippen LogP contribution in [0.5, 0.6) is 11.5 Å². The molecule has 0 atom stereocenters. The molecule has 0 aromatic heterocycles. The van der Waals surface area contributed by atoms with Gasteiger partial charge in [-0.1, -0.05) is 0 Å². The molecule has 1 amide bonds. The quantitative estimate of drug-likeness (QED) is 0.844. The Balaban J connectivity index is 3.01. The second-order valence-corrected chi connectivity index (χ2v) is 3.49. The van der Waals surface area contributed by atoms with Crippen LogP contribution in [0.4, 0.5) is 0 Å². The first-order valence-electron chi connectivity index (χ1n) is 5.05. The lowest BCUT2D eigenvalue weighted by Gasteiger charge is -2.14. The zero-order chi connectivity index (χ0) is 12.1. The van der Waals surface area contributed by atoms with Crippen LogP contribution in [0.15, 0.2) is 12.1 Å². The van der Waals surface area contributed by atoms with E-state index < -0.39 is 0 Å². The van der Waals surface area contributed by atoms with Gasteiger partial charge in [0.05, 0.1) is 14.2 Å². The predicted molar refractivity (Wildman–Crippen MR) is 61.8 cm³/mol. The summed E-state index contributed by atoms with van der Waals surface area (Å²) in [5, 5.41) is 2.74. The standard InChI is InChI=1S/C12H17NO3/c1-8-11(15-3)6-5-10(12(8)16-4)7-13-9(2)14/h5-6H,7H2,1-4H3,(H,13,14). The van der Waals surface area contributed by atoms with Gasteiger partial charge in [-0.2, -0.15) is 0 Å². The van der Waals surface area contributed by atoms with E-state index in [4.69, 9.17) is 9.47 Å². The fraction of sp³-hybridized carbons (Fsp3) is 0.417. The number of carbonyl (C=O) groups is 1. The molecule has 0 saturated carbocycles. The summed E-state index contributed by atoms with van der Waals surface area (Å²) in [5.41, 5.74) is 1.88. The van der Waals surface area contributed by atoms with Gasteiger partial charge in [-0.25, -0.2) is 0 Å². The Bertz CT molecular complexity index is 388. The van der Waals surface area contributed by atoms with Crippen molar-refractivity contribution in [2.75, 3.05) is 14.2 Å². The first-order valence-corrected chi connectivity index (χ1v) is 5.05. The maximum absolute atomic E-state index is 10.8. The number of hydrogen-bond acceptors (Lipinski definition) is 3. The van der Waals surface area contributed by atoms with Crippen molar-refractivity contribution in [3.63, 3.8) is 0 Å². The number of rotatable bonds is 4. The van der Waals surface area contributed by atoms with Gasteiger partial charge >= 0.3 is 0 Å². The van der Waals surface area contributed by atoms with Crippen molar-refractivity contribution in [1.82, 2.24) is 5.32 Å². The first kappa shape index (κ1) is 12.4. The van der Waals surface area contributed by atoms with Crippen molar-refractivity contribution >= 4 is 5.91 Å². The van der Waals surface area contributed by atoms with Crippen LogP contribution in [0.25, 0.3) is 0 Å². The molecular weight excluding hydrogens is 206 g/mol. The molecule has 0 saturated heterocycles. The highest BCUT2D eigenvalue weighted by molar-refractivity contribution is 5.73. The van der Waals surface area contributed by atoms with E-state index in [0.717, 1.165) is 22.6 Å². The average Bonchev–Trinajstić information content (AvgIpc) is 2.26. The molecule has 4 heteroatoms. The van der Waals surface area contributed by atoms with E-state index in [1.54, 1.807) is 14.2 Å². The normalized spacial score (nSPS) is 9.75. The van der Waals surface area contributed by atoms with Crippen LogP contribution in [0.1, 0.15) is 18.1 Å². The van der Waals surface area contributed by atoms with Crippen LogP contribution < -0.4 is 14.8 Å². The molecule has 0 aliphatic carbocycles. The summed E-state index contributed by atoms with van der Waals surface area (Å²) in [4.78, 5) is 10.8. The Morgan fingerprint density at radius 1 is 1.31 bits per heavy atom. The number of hydrogen-bond donors (Lipinski definition) is 1. The number of benzene rings is 1. The minimum Gasteiger partial charge on any atom is -0.496 e. The minimum atomic E-state index is -0.0597. The third kappa shape index (κ3) is 2.66. The molecule has 0 radical (unpaired) electrons. The lowest BCUT2D eigenvalue weighted by molar-refractivity contribution is -0.119. The molecule has 0 aliphatic heterocycles. The molecular formula is C12H17NO3. The Morgan fingerprint density at radius 2 is 2.00 bits per heavy atom. The van der Waals surface area contributed by atoms with E-state index in [1.807, 2.05) is 19.1 Å². The minimum absolute atomic E-state index is 0.0597. The highest BCUT2D eigenvalue weighted by Crippen LogP contribution is 2.31. The highest BCUT2D eigenvalue weighted by Gasteiger charge is 2.10. The molecule has 0 aliphatic rings. The van der Waals surface area contributed by atoms with E-state index in [-0.39, 0.29) is 5.91 Å². The zero-order valence-electron chi connectivity index (χ0n) is 10.1. The SMILES string of the molecule is COc1ccc(CNC(C)=O)c(OC)c1C. The van der Waals surface area contributed by atoms with Crippen LogP contribution in [-0.2, 0) is 11.3 Å². The molecule has 88 valence electrons. The van der Waals surface area contributed by atoms with E-state index in [0.29, 0.717) is 6.54 Å². The third-order valence-corrected chi connectivity index (χ3v) is 2.39. The largest absolute Gasteiger partial charge is 0.496 e. The van der Waals surface area contributed by atoms with Gasteiger partial charge in [0.25, 0.3) is 0 Å². The van der Waals surface area contributed by atoms with Gasteiger partial charge in [-0.15, -0.1) is 0 Å². The Kier molecular flexibility index (Phi) is 4.17. The van der Waals surface area contributed by atoms with Crippen molar-refractivity contribution in [2.24, 2.45) is 0 Å². The Morgan fingerprint density at radius 3 is 2.50 bits per heavy atom. The van der Waals surface area contributed by atoms with Crippen molar-refractivity contribution < 1.29 is 14.3 Å². The lowest BCUT2D eigenvalue weighted by atomic mass is 10.1. The summed E-state index contributed by atoms with van der Waals surface area (Å²) in [7, 11) is 3.23. The van der Waals surface area contributed by atoms with Crippen LogP contribution >= 0.6 is 0 Å². The van der Waals surface area contributed by atoms with Crippen molar-refractivity contribution in [2.45, 2.75) is 20.4 Å². The van der Waals surface area contributed by atoms with E-state index in [2.05, 4.69) is 5.32 Å². The Hall–Kier alpha value is -1.71. The summed E-state index contributed by atoms with van der Waals surface area (Å²) in [6, 6.07) is 3.76. The summed E-state index contributed by atoms with van der Waals surface area (Å²) in [6.45, 7) is 3.88. The molecule has 1 rings (SSSR count). The third-order valence-electron chi connectivity index (χ3n) is 2.39. The van der Waals surface area contributed by atoms with Crippen molar-refractivity contribution in [3.05, 3.63) is 23.3 Å². The maximum Gasteiger partial charge on any atom is 0.217 e. The number of ether oxygens (including phenoxy) is 2. The van der Waals surface area contributed by atoms with E-state index in [9.17, 15) is 4.79 Å². The fourth-order valence-electron chi connectivity index (χ4n) is 1.59. The van der Waals surface area contributed by atoms with Gasteiger partial charge in [0.1, 0.15) is 11.5 Å². The molecule has 0 fully saturated rings. The molecule has 1 N–H and O–H groups in total. The molecule has 0 heterocycles. The molecule has 16 heavy (non-hydrogen) atoms. The zero-order valence-corrected chi connectivity index (χ0v) is 10.1. The summed E-state index contributed by atoms with van der Waals surface area (Å²) < 4.78 is 10.5. The number of nitrogens with one attached hydrogen (secondary N) is 1. The molecule has 0 unspecified atom stereocenters. The summed E-state index contributed by atoms with van der Waals surface area (Å²) in [6.07, 6.45) is 0. The molecule has 0 bridgehead atoms. The van der Waals surface area contributed by atoms with Crippen molar-refractivity contribution in [1.29, 1.82) is 0 Å². The van der Waals surface area contributed by atoms with Crippen LogP contribution in [0.2, 0.25) is 0 Å². The van der Waals surface area contributed by atoms with E-state index >= 15 is 0 Å². The van der Waals surface area contributed by atoms with Crippen LogP contribution in [-0.4, -0.2) is 20.1 Å². The second-order valence-electron chi connectivity index (χ2n) is 3.49. The average molecular weight is 223 g/mol. The smallest absolute Gasteiger partial charge is 0.217 e. The van der Waals surface area contributed by atoms with Gasteiger partial charge in [0.15, 0.2) is 0 Å². The van der Waals surface area contributed by atoms with Gasteiger partial charge in [0, 0.05) is 24.6 Å². The summed E-state index contributed by atoms with van der Waals surface area (Å²) in [5.74, 6) is 1.48. The fourth-order valence-corrected chi connectivity index (χ4v) is 1.59. The van der Waals surface area contributed by atoms with Crippen LogP contribution in [0.3, 0.4) is 0 Å². The highest BCUT2D eigenvalue weighted by atomic mass is 16.5. The monoisotopic (exact) mass is 223 g/mol. The number of amides is 1. The maximum atomic E-state index is 10.8. The van der Waals surface area contributed by atoms with Gasteiger partial charge in [-0.05, 0) is 19.1 Å². The van der Waals surface area contributed by atoms with Gasteiger partial charge in [-0.3, -0.25) is 4.79 Å². The lowest BCUT2D eigenvalue weighted by Crippen LogP contribution is -2.19. The molecule has 0 spiro atoms. The molecule has 4 nitrogen and oxygen atoms in total. The molecule has 1 aromatic rings. The summed E-state index contributed by atoms with van der Waals surface area (Å²) >= 11 is 0. The predicted octanol–water partition coefficient (Wildman–Crippen LogP) is 1.65. The molecule has 1 aromatic carbocycles. The van der Waals surface area contributed by atoms with Gasteiger partial charge in [0.2, 0.25) is 5.91 Å². The first-order chi connectivity index (χ1) is 7.60. The van der Waals surface area contributed by atoms with E-state index in [1.165, 1.54) is 6.92 Å². The number of methoxy groups -OCH3 is 2. The topological polar surface area (TPSA) is 47.6 Å². The van der Waals surface area contributed by atoms with Gasteiger partial charge < -0.3 is 14.8 Å². The Labute approximate surface area is 95.6 Å². The number of carbonyl (C=O) groups excluding carboxylic acids is 1. The van der Waals surface area contributed by atoms with Crippen molar-refractivity contribution in [3.8, 4) is 11.5 Å². The van der Waals surface area contributed by atoms with Crippen LogP contribution in [0, 0.1) is 6.92 Å². The second kappa shape index (κ2) is 5.39.